The molecule has 0 saturated heterocycles. The van der Waals surface area contributed by atoms with Crippen LogP contribution in [-0.2, 0) is 19.6 Å². The Morgan fingerprint density at radius 1 is 1.32 bits per heavy atom. The summed E-state index contributed by atoms with van der Waals surface area (Å²) >= 11 is 0. The lowest BCUT2D eigenvalue weighted by molar-refractivity contribution is -0.145. The molecule has 0 amide bonds. The maximum absolute atomic E-state index is 12.5. The summed E-state index contributed by atoms with van der Waals surface area (Å²) in [6, 6.07) is 6.46. The van der Waals surface area contributed by atoms with Crippen molar-refractivity contribution in [3.05, 3.63) is 48.7 Å². The normalized spacial score (nSPS) is 16.5. The van der Waals surface area contributed by atoms with Gasteiger partial charge in [0.25, 0.3) is 10.0 Å². The lowest BCUT2D eigenvalue weighted by atomic mass is 9.97. The van der Waals surface area contributed by atoms with E-state index in [1.54, 1.807) is 39.0 Å². The van der Waals surface area contributed by atoms with Gasteiger partial charge in [-0.15, -0.1) is 6.58 Å². The highest BCUT2D eigenvalue weighted by atomic mass is 32.2. The molecule has 0 unspecified atom stereocenters. The third kappa shape index (κ3) is 2.92. The molecule has 0 aliphatic carbocycles. The van der Waals surface area contributed by atoms with Gasteiger partial charge in [-0.25, -0.2) is 8.42 Å². The molecule has 0 fully saturated rings. The summed E-state index contributed by atoms with van der Waals surface area (Å²) in [6.07, 6.45) is 2.81. The Labute approximate surface area is 130 Å². The van der Waals surface area contributed by atoms with Crippen molar-refractivity contribution in [1.82, 2.24) is 4.31 Å². The molecular formula is C16H19NO4S. The minimum atomic E-state index is -3.65. The molecule has 1 aromatic carbocycles. The van der Waals surface area contributed by atoms with Crippen molar-refractivity contribution in [3.63, 3.8) is 0 Å². The zero-order chi connectivity index (χ0) is 16.5. The highest BCUT2D eigenvalue weighted by Gasteiger charge is 2.33. The van der Waals surface area contributed by atoms with Crippen molar-refractivity contribution in [1.29, 1.82) is 0 Å². The van der Waals surface area contributed by atoms with E-state index in [2.05, 4.69) is 6.58 Å². The van der Waals surface area contributed by atoms with E-state index >= 15 is 0 Å². The third-order valence-electron chi connectivity index (χ3n) is 3.12. The molecule has 22 heavy (non-hydrogen) atoms. The molecule has 0 aromatic heterocycles. The molecule has 0 atom stereocenters. The van der Waals surface area contributed by atoms with Gasteiger partial charge in [0, 0.05) is 5.56 Å². The first-order valence-electron chi connectivity index (χ1n) is 6.84. The molecule has 0 radical (unpaired) electrons. The number of carbonyl (C=O) groups excluding carboxylic acids is 1. The Morgan fingerprint density at radius 2 is 1.95 bits per heavy atom. The average Bonchev–Trinajstić information content (AvgIpc) is 2.43. The van der Waals surface area contributed by atoms with Crippen LogP contribution in [0.3, 0.4) is 0 Å². The zero-order valence-corrected chi connectivity index (χ0v) is 13.7. The van der Waals surface area contributed by atoms with Crippen molar-refractivity contribution < 1.29 is 17.9 Å². The number of hydrogen-bond acceptors (Lipinski definition) is 4. The Bertz CT molecular complexity index is 742. The predicted octanol–water partition coefficient (Wildman–Crippen LogP) is 2.76. The van der Waals surface area contributed by atoms with E-state index in [1.165, 1.54) is 18.3 Å². The van der Waals surface area contributed by atoms with Crippen LogP contribution in [0.15, 0.2) is 48.0 Å². The van der Waals surface area contributed by atoms with Crippen LogP contribution >= 0.6 is 0 Å². The van der Waals surface area contributed by atoms with Crippen LogP contribution in [0.2, 0.25) is 0 Å². The molecule has 2 rings (SSSR count). The second kappa shape index (κ2) is 5.61. The lowest BCUT2D eigenvalue weighted by Crippen LogP contribution is -2.32. The van der Waals surface area contributed by atoms with Crippen molar-refractivity contribution in [2.75, 3.05) is 6.54 Å². The molecule has 5 nitrogen and oxygen atoms in total. The van der Waals surface area contributed by atoms with Gasteiger partial charge in [-0.05, 0) is 32.9 Å². The number of benzene rings is 1. The fourth-order valence-electron chi connectivity index (χ4n) is 1.90. The molecule has 6 heteroatoms. The van der Waals surface area contributed by atoms with Gasteiger partial charge >= 0.3 is 5.97 Å². The summed E-state index contributed by atoms with van der Waals surface area (Å²) in [7, 11) is -3.65. The number of rotatable bonds is 3. The Hall–Kier alpha value is -2.08. The molecule has 0 spiro atoms. The van der Waals surface area contributed by atoms with Gasteiger partial charge < -0.3 is 4.74 Å². The first-order valence-corrected chi connectivity index (χ1v) is 8.28. The lowest BCUT2D eigenvalue weighted by Gasteiger charge is -2.28. The van der Waals surface area contributed by atoms with E-state index in [0.29, 0.717) is 5.56 Å². The predicted molar refractivity (Wildman–Crippen MR) is 84.1 cm³/mol. The van der Waals surface area contributed by atoms with Crippen LogP contribution in [0.25, 0.3) is 5.76 Å². The van der Waals surface area contributed by atoms with Gasteiger partial charge in [-0.1, -0.05) is 18.2 Å². The smallest absolute Gasteiger partial charge is 0.316 e. The largest absolute Gasteiger partial charge is 0.424 e. The molecule has 1 aromatic rings. The molecule has 1 aliphatic heterocycles. The fraction of sp³-hybridized carbons (Fsp3) is 0.312. The average molecular weight is 321 g/mol. The molecule has 1 aliphatic rings. The monoisotopic (exact) mass is 321 g/mol. The summed E-state index contributed by atoms with van der Waals surface area (Å²) < 4.78 is 31.6. The molecular weight excluding hydrogens is 302 g/mol. The molecule has 0 saturated carbocycles. The summed E-state index contributed by atoms with van der Waals surface area (Å²) in [5.74, 6) is -0.196. The van der Waals surface area contributed by atoms with Crippen LogP contribution in [0.4, 0.5) is 0 Å². The van der Waals surface area contributed by atoms with Crippen LogP contribution in [0.5, 0.6) is 0 Å². The van der Waals surface area contributed by atoms with E-state index in [9.17, 15) is 13.2 Å². The number of hydrogen-bond donors (Lipinski definition) is 0. The molecule has 118 valence electrons. The highest BCUT2D eigenvalue weighted by molar-refractivity contribution is 7.89. The van der Waals surface area contributed by atoms with Gasteiger partial charge in [0.1, 0.15) is 0 Å². The van der Waals surface area contributed by atoms with Crippen LogP contribution in [-0.4, -0.2) is 25.2 Å². The zero-order valence-electron chi connectivity index (χ0n) is 12.9. The minimum Gasteiger partial charge on any atom is -0.424 e. The SMILES string of the molecule is C=CCN1C=C(OC(=O)C(C)(C)C)c2ccccc2S1(=O)=O. The number of sulfonamides is 1. The number of carbonyl (C=O) groups is 1. The minimum absolute atomic E-state index is 0.104. The van der Waals surface area contributed by atoms with Crippen LogP contribution in [0, 0.1) is 5.41 Å². The van der Waals surface area contributed by atoms with Crippen LogP contribution in [0.1, 0.15) is 26.3 Å². The summed E-state index contributed by atoms with van der Waals surface area (Å²) in [5, 5.41) is 0. The third-order valence-corrected chi connectivity index (χ3v) is 4.91. The topological polar surface area (TPSA) is 63.7 Å². The quantitative estimate of drug-likeness (QED) is 0.634. The molecule has 0 N–H and O–H groups in total. The van der Waals surface area contributed by atoms with Gasteiger partial charge in [0.05, 0.1) is 23.1 Å². The maximum Gasteiger partial charge on any atom is 0.316 e. The Morgan fingerprint density at radius 3 is 2.55 bits per heavy atom. The van der Waals surface area contributed by atoms with Crippen molar-refractivity contribution in [2.24, 2.45) is 5.41 Å². The number of nitrogens with zero attached hydrogens (tertiary/aromatic N) is 1. The van der Waals surface area contributed by atoms with E-state index in [0.717, 1.165) is 4.31 Å². The number of fused-ring (bicyclic) bond motifs is 1. The number of esters is 1. The standard InChI is InChI=1S/C16H19NO4S/c1-5-10-17-11-13(21-15(18)16(2,3)4)12-8-6-7-9-14(12)22(17,19)20/h5-9,11H,1,10H2,2-4H3. The second-order valence-corrected chi connectivity index (χ2v) is 7.85. The van der Waals surface area contributed by atoms with Gasteiger partial charge in [-0.3, -0.25) is 9.10 Å². The first-order chi connectivity index (χ1) is 10.2. The van der Waals surface area contributed by atoms with Gasteiger partial charge in [0.15, 0.2) is 5.76 Å². The first kappa shape index (κ1) is 16.3. The number of ether oxygens (including phenoxy) is 1. The fourth-order valence-corrected chi connectivity index (χ4v) is 3.39. The Kier molecular flexibility index (Phi) is 4.15. The van der Waals surface area contributed by atoms with Crippen molar-refractivity contribution in [2.45, 2.75) is 25.7 Å². The Balaban J connectivity index is 2.53. The van der Waals surface area contributed by atoms with E-state index in [1.807, 2.05) is 0 Å². The molecule has 1 heterocycles. The molecule has 0 bridgehead atoms. The van der Waals surface area contributed by atoms with Gasteiger partial charge in [0.2, 0.25) is 0 Å². The second-order valence-electron chi connectivity index (χ2n) is 5.99. The maximum atomic E-state index is 12.5. The van der Waals surface area contributed by atoms with E-state index in [-0.39, 0.29) is 17.2 Å². The summed E-state index contributed by atoms with van der Waals surface area (Å²) in [6.45, 7) is 8.88. The van der Waals surface area contributed by atoms with Crippen LogP contribution < -0.4 is 0 Å². The van der Waals surface area contributed by atoms with Gasteiger partial charge in [-0.2, -0.15) is 0 Å². The van der Waals surface area contributed by atoms with Crippen molar-refractivity contribution >= 4 is 21.8 Å². The van der Waals surface area contributed by atoms with E-state index < -0.39 is 21.4 Å². The van der Waals surface area contributed by atoms with E-state index in [4.69, 9.17) is 4.74 Å². The highest BCUT2D eigenvalue weighted by Crippen LogP contribution is 2.34. The summed E-state index contributed by atoms with van der Waals surface area (Å²) in [5.41, 5.74) is -0.296. The van der Waals surface area contributed by atoms with Crippen molar-refractivity contribution in [3.8, 4) is 0 Å². The summed E-state index contributed by atoms with van der Waals surface area (Å²) in [4.78, 5) is 12.2.